The molecule has 2 nitrogen and oxygen atoms in total. The predicted molar refractivity (Wildman–Crippen MR) is 37.9 cm³/mol. The fourth-order valence-corrected chi connectivity index (χ4v) is 0. The molecule has 0 unspecified atom stereocenters. The Kier molecular flexibility index (Phi) is 7.51. The molecule has 0 bridgehead atoms. The topological polar surface area (TPSA) is 37.3 Å². The van der Waals surface area contributed by atoms with Gasteiger partial charge in [-0.05, 0) is 0 Å². The third-order valence-electron chi connectivity index (χ3n) is 0. The molecule has 0 heterocycles. The van der Waals surface area contributed by atoms with Gasteiger partial charge in [0.25, 0.3) is 6.47 Å². The van der Waals surface area contributed by atoms with Crippen LogP contribution in [-0.4, -0.2) is 30.0 Å². The van der Waals surface area contributed by atoms with Crippen molar-refractivity contribution in [3.05, 3.63) is 0 Å². The zero-order valence-corrected chi connectivity index (χ0v) is 8.79. The summed E-state index contributed by atoms with van der Waals surface area (Å²) in [5.41, 5.74) is 0. The maximum absolute atomic E-state index is 8.36. The van der Waals surface area contributed by atoms with Crippen LogP contribution in [0.25, 0.3) is 0 Å². The Hall–Kier alpha value is 0.269. The van der Waals surface area contributed by atoms with Gasteiger partial charge in [0.15, 0.2) is 0 Å². The Morgan fingerprint density at radius 2 is 1.25 bits per heavy atom. The molecule has 0 rings (SSSR count). The Labute approximate surface area is 54.8 Å². The minimum atomic E-state index is -1.18. The van der Waals surface area contributed by atoms with Crippen molar-refractivity contribution in [1.82, 2.24) is 0 Å². The molecule has 0 aromatic heterocycles. The molecule has 0 radical (unpaired) electrons. The van der Waals surface area contributed by atoms with E-state index in [4.69, 9.17) is 9.90 Å². The fraction of sp³-hybridized carbons (Fsp3) is 0.800. The van der Waals surface area contributed by atoms with Gasteiger partial charge < -0.3 is 5.11 Å². The number of rotatable bonds is 0. The molecule has 0 aromatic carbocycles. The first-order valence-corrected chi connectivity index (χ1v) is 13.9. The molecular weight excluding hydrogens is 211 g/mol. The summed E-state index contributed by atoms with van der Waals surface area (Å²) in [7, 11) is 0. The summed E-state index contributed by atoms with van der Waals surface area (Å²) < 4.78 is 0. The SMILES string of the molecule is O=CO.[CH3][Sn]([CH3])([CH3])[CH3]. The van der Waals surface area contributed by atoms with Crippen LogP contribution < -0.4 is 0 Å². The third kappa shape index (κ3) is 2410. The van der Waals surface area contributed by atoms with Crippen LogP contribution in [0.2, 0.25) is 19.8 Å². The zero-order chi connectivity index (χ0) is 7.21. The summed E-state index contributed by atoms with van der Waals surface area (Å²) >= 11 is -1.18. The molecule has 0 spiro atoms. The van der Waals surface area contributed by atoms with E-state index in [0.29, 0.717) is 0 Å². The van der Waals surface area contributed by atoms with Crippen LogP contribution in [0.5, 0.6) is 0 Å². The van der Waals surface area contributed by atoms with Crippen LogP contribution >= 0.6 is 0 Å². The zero-order valence-electron chi connectivity index (χ0n) is 5.93. The van der Waals surface area contributed by atoms with E-state index in [-0.39, 0.29) is 6.47 Å². The van der Waals surface area contributed by atoms with Gasteiger partial charge in [-0.3, -0.25) is 4.79 Å². The summed E-state index contributed by atoms with van der Waals surface area (Å²) in [5.74, 6) is 0. The Morgan fingerprint density at radius 3 is 1.25 bits per heavy atom. The number of hydrogen-bond acceptors (Lipinski definition) is 1. The van der Waals surface area contributed by atoms with Gasteiger partial charge in [0, 0.05) is 0 Å². The standard InChI is InChI=1S/CH2O2.4CH3.Sn/c2-1-3;;;;;/h1H,(H,2,3);4*1H3;. The van der Waals surface area contributed by atoms with Gasteiger partial charge in [0.1, 0.15) is 0 Å². The van der Waals surface area contributed by atoms with E-state index in [0.717, 1.165) is 0 Å². The van der Waals surface area contributed by atoms with Crippen LogP contribution in [0.15, 0.2) is 0 Å². The molecule has 0 aliphatic heterocycles. The molecule has 0 saturated heterocycles. The molecule has 0 atom stereocenters. The van der Waals surface area contributed by atoms with Crippen molar-refractivity contribution in [3.63, 3.8) is 0 Å². The fourth-order valence-electron chi connectivity index (χ4n) is 0. The molecule has 0 amide bonds. The Balaban J connectivity index is 0. The van der Waals surface area contributed by atoms with Crippen molar-refractivity contribution < 1.29 is 9.90 Å². The van der Waals surface area contributed by atoms with Crippen molar-refractivity contribution in [1.29, 1.82) is 0 Å². The average molecular weight is 225 g/mol. The second-order valence-corrected chi connectivity index (χ2v) is 20.2. The summed E-state index contributed by atoms with van der Waals surface area (Å²) in [6.07, 6.45) is 0. The molecule has 50 valence electrons. The quantitative estimate of drug-likeness (QED) is 0.502. The number of carboxylic acid groups (broad SMARTS) is 1. The van der Waals surface area contributed by atoms with E-state index >= 15 is 0 Å². The van der Waals surface area contributed by atoms with Gasteiger partial charge in [-0.15, -0.1) is 0 Å². The molecule has 0 saturated carbocycles. The van der Waals surface area contributed by atoms with Gasteiger partial charge in [0.05, 0.1) is 0 Å². The van der Waals surface area contributed by atoms with Crippen molar-refractivity contribution in [2.24, 2.45) is 0 Å². The van der Waals surface area contributed by atoms with E-state index in [9.17, 15) is 0 Å². The van der Waals surface area contributed by atoms with Gasteiger partial charge in [-0.1, -0.05) is 0 Å². The van der Waals surface area contributed by atoms with Crippen molar-refractivity contribution in [2.75, 3.05) is 0 Å². The maximum atomic E-state index is 8.36. The predicted octanol–water partition coefficient (Wildman–Crippen LogP) is 1.66. The average Bonchev–Trinajstić information content (AvgIpc) is 1.27. The molecular formula is C5H14O2Sn. The minimum absolute atomic E-state index is 0.250. The summed E-state index contributed by atoms with van der Waals surface area (Å²) in [5, 5.41) is 6.89. The first-order chi connectivity index (χ1) is 3.41. The van der Waals surface area contributed by atoms with Crippen LogP contribution in [0.4, 0.5) is 0 Å². The van der Waals surface area contributed by atoms with Crippen molar-refractivity contribution in [2.45, 2.75) is 19.8 Å². The van der Waals surface area contributed by atoms with E-state index in [1.165, 1.54) is 0 Å². The third-order valence-corrected chi connectivity index (χ3v) is 0. The van der Waals surface area contributed by atoms with Gasteiger partial charge in [0.2, 0.25) is 0 Å². The second-order valence-electron chi connectivity index (χ2n) is 3.11. The number of carbonyl (C=O) groups is 1. The summed E-state index contributed by atoms with van der Waals surface area (Å²) in [6, 6.07) is 0. The number of hydrogen-bond donors (Lipinski definition) is 1. The van der Waals surface area contributed by atoms with Gasteiger partial charge in [-0.25, -0.2) is 0 Å². The van der Waals surface area contributed by atoms with E-state index in [1.807, 2.05) is 0 Å². The normalized spacial score (nSPS) is 9.00. The van der Waals surface area contributed by atoms with Crippen LogP contribution in [0.3, 0.4) is 0 Å². The molecule has 0 aliphatic carbocycles. The van der Waals surface area contributed by atoms with Crippen LogP contribution in [-0.2, 0) is 4.79 Å². The van der Waals surface area contributed by atoms with Crippen molar-refractivity contribution in [3.8, 4) is 0 Å². The van der Waals surface area contributed by atoms with E-state index in [2.05, 4.69) is 19.8 Å². The molecule has 3 heteroatoms. The molecule has 8 heavy (non-hydrogen) atoms. The molecule has 0 fully saturated rings. The van der Waals surface area contributed by atoms with E-state index in [1.54, 1.807) is 0 Å². The monoisotopic (exact) mass is 226 g/mol. The molecule has 0 aromatic rings. The summed E-state index contributed by atoms with van der Waals surface area (Å²) in [4.78, 5) is 18.0. The molecule has 1 N–H and O–H groups in total. The van der Waals surface area contributed by atoms with Gasteiger partial charge >= 0.3 is 38.1 Å². The Morgan fingerprint density at radius 1 is 1.25 bits per heavy atom. The second kappa shape index (κ2) is 5.41. The first kappa shape index (κ1) is 11.1. The summed E-state index contributed by atoms with van der Waals surface area (Å²) in [6.45, 7) is -0.250. The van der Waals surface area contributed by atoms with E-state index < -0.39 is 18.4 Å². The van der Waals surface area contributed by atoms with Gasteiger partial charge in [-0.2, -0.15) is 0 Å². The Bertz CT molecular complexity index is 49.9. The van der Waals surface area contributed by atoms with Crippen LogP contribution in [0, 0.1) is 0 Å². The molecule has 0 aliphatic rings. The van der Waals surface area contributed by atoms with Crippen molar-refractivity contribution >= 4 is 24.8 Å². The first-order valence-electron chi connectivity index (χ1n) is 2.49. The van der Waals surface area contributed by atoms with Crippen LogP contribution in [0.1, 0.15) is 0 Å².